The van der Waals surface area contributed by atoms with Crippen LogP contribution in [0.5, 0.6) is 5.75 Å². The molecule has 1 saturated heterocycles. The SMILES string of the molecule is COc1ccc(C2=Cc3c(cccc3C(F)(F)F)N(CC3CC(OCc4ccccc4)CN3)C(=O)C2O)cc1. The summed E-state index contributed by atoms with van der Waals surface area (Å²) in [5, 5.41) is 14.5. The average Bonchev–Trinajstić information content (AvgIpc) is 3.36. The second-order valence-corrected chi connectivity index (χ2v) is 9.68. The van der Waals surface area contributed by atoms with Crippen LogP contribution in [0.15, 0.2) is 72.8 Å². The van der Waals surface area contributed by atoms with Gasteiger partial charge in [0.2, 0.25) is 0 Å². The lowest BCUT2D eigenvalue weighted by molar-refractivity contribution is -0.137. The first kappa shape index (κ1) is 26.9. The van der Waals surface area contributed by atoms with E-state index in [1.807, 2.05) is 30.3 Å². The van der Waals surface area contributed by atoms with Crippen LogP contribution in [0.1, 0.15) is 28.7 Å². The van der Waals surface area contributed by atoms with Crippen LogP contribution in [0.2, 0.25) is 0 Å². The highest BCUT2D eigenvalue weighted by Gasteiger charge is 2.40. The van der Waals surface area contributed by atoms with Gasteiger partial charge in [-0.1, -0.05) is 48.5 Å². The lowest BCUT2D eigenvalue weighted by Gasteiger charge is -2.28. The zero-order chi connectivity index (χ0) is 27.6. The summed E-state index contributed by atoms with van der Waals surface area (Å²) < 4.78 is 53.5. The Labute approximate surface area is 224 Å². The van der Waals surface area contributed by atoms with Crippen LogP contribution in [0.4, 0.5) is 18.9 Å². The summed E-state index contributed by atoms with van der Waals surface area (Å²) in [5.74, 6) is -0.145. The third-order valence-electron chi connectivity index (χ3n) is 7.11. The summed E-state index contributed by atoms with van der Waals surface area (Å²) >= 11 is 0. The van der Waals surface area contributed by atoms with Crippen molar-refractivity contribution in [2.75, 3.05) is 25.1 Å². The van der Waals surface area contributed by atoms with Gasteiger partial charge in [-0.05, 0) is 53.5 Å². The molecule has 1 amide bonds. The summed E-state index contributed by atoms with van der Waals surface area (Å²) in [6, 6.07) is 19.8. The molecule has 2 N–H and O–H groups in total. The first-order valence-electron chi connectivity index (χ1n) is 12.7. The molecule has 0 aromatic heterocycles. The quantitative estimate of drug-likeness (QED) is 0.448. The van der Waals surface area contributed by atoms with E-state index >= 15 is 0 Å². The van der Waals surface area contributed by atoms with Crippen molar-refractivity contribution in [2.45, 2.75) is 37.5 Å². The molecule has 3 aromatic carbocycles. The number of hydrogen-bond acceptors (Lipinski definition) is 5. The Morgan fingerprint density at radius 1 is 1.03 bits per heavy atom. The number of rotatable bonds is 7. The van der Waals surface area contributed by atoms with Crippen LogP contribution in [0.3, 0.4) is 0 Å². The van der Waals surface area contributed by atoms with Crippen LogP contribution < -0.4 is 15.0 Å². The number of hydrogen-bond donors (Lipinski definition) is 2. The first-order chi connectivity index (χ1) is 18.7. The highest BCUT2D eigenvalue weighted by Crippen LogP contribution is 2.41. The van der Waals surface area contributed by atoms with E-state index < -0.39 is 23.8 Å². The third kappa shape index (κ3) is 5.85. The number of methoxy groups -OCH3 is 1. The van der Waals surface area contributed by atoms with E-state index in [-0.39, 0.29) is 35.5 Å². The number of carbonyl (C=O) groups is 1. The first-order valence-corrected chi connectivity index (χ1v) is 12.7. The van der Waals surface area contributed by atoms with Crippen molar-refractivity contribution in [1.29, 1.82) is 0 Å². The minimum Gasteiger partial charge on any atom is -0.497 e. The number of benzene rings is 3. The number of carbonyl (C=O) groups excluding carboxylic acids is 1. The van der Waals surface area contributed by atoms with Gasteiger partial charge in [0.05, 0.1) is 31.1 Å². The van der Waals surface area contributed by atoms with Gasteiger partial charge in [0.1, 0.15) is 5.75 Å². The van der Waals surface area contributed by atoms with Crippen molar-refractivity contribution in [3.8, 4) is 5.75 Å². The van der Waals surface area contributed by atoms with E-state index in [1.54, 1.807) is 24.3 Å². The van der Waals surface area contributed by atoms with E-state index in [9.17, 15) is 23.1 Å². The molecular weight excluding hydrogens is 509 g/mol. The molecule has 204 valence electrons. The number of nitrogens with one attached hydrogen (secondary N) is 1. The number of aliphatic hydroxyl groups is 1. The molecule has 3 unspecified atom stereocenters. The van der Waals surface area contributed by atoms with Crippen LogP contribution in [-0.2, 0) is 22.3 Å². The lowest BCUT2D eigenvalue weighted by Crippen LogP contribution is -2.45. The van der Waals surface area contributed by atoms with Gasteiger partial charge in [-0.25, -0.2) is 0 Å². The fraction of sp³-hybridized carbons (Fsp3) is 0.300. The fourth-order valence-corrected chi connectivity index (χ4v) is 5.09. The Morgan fingerprint density at radius 3 is 2.46 bits per heavy atom. The van der Waals surface area contributed by atoms with Crippen molar-refractivity contribution < 1.29 is 32.5 Å². The predicted octanol–water partition coefficient (Wildman–Crippen LogP) is 4.91. The van der Waals surface area contributed by atoms with Crippen molar-refractivity contribution in [3.05, 3.63) is 95.1 Å². The van der Waals surface area contributed by atoms with Crippen LogP contribution in [0.25, 0.3) is 11.6 Å². The number of anilines is 1. The largest absolute Gasteiger partial charge is 0.497 e. The van der Waals surface area contributed by atoms with E-state index in [0.29, 0.717) is 30.9 Å². The summed E-state index contributed by atoms with van der Waals surface area (Å²) in [6.45, 7) is 1.07. The second kappa shape index (κ2) is 11.2. The Balaban J connectivity index is 1.43. The van der Waals surface area contributed by atoms with Crippen molar-refractivity contribution in [2.24, 2.45) is 0 Å². The molecule has 2 heterocycles. The molecule has 39 heavy (non-hydrogen) atoms. The number of nitrogens with zero attached hydrogens (tertiary/aromatic N) is 1. The van der Waals surface area contributed by atoms with Gasteiger partial charge < -0.3 is 24.8 Å². The molecule has 3 atom stereocenters. The van der Waals surface area contributed by atoms with E-state index in [0.717, 1.165) is 11.6 Å². The van der Waals surface area contributed by atoms with Gasteiger partial charge in [-0.2, -0.15) is 13.2 Å². The third-order valence-corrected chi connectivity index (χ3v) is 7.11. The molecule has 0 aliphatic carbocycles. The van der Waals surface area contributed by atoms with Crippen molar-refractivity contribution >= 4 is 23.2 Å². The van der Waals surface area contributed by atoms with E-state index in [2.05, 4.69) is 5.32 Å². The molecule has 0 bridgehead atoms. The highest BCUT2D eigenvalue weighted by atomic mass is 19.4. The second-order valence-electron chi connectivity index (χ2n) is 9.68. The molecule has 1 fully saturated rings. The lowest BCUT2D eigenvalue weighted by atomic mass is 9.96. The van der Waals surface area contributed by atoms with Crippen LogP contribution in [-0.4, -0.2) is 49.5 Å². The number of ether oxygens (including phenoxy) is 2. The van der Waals surface area contributed by atoms with Crippen LogP contribution >= 0.6 is 0 Å². The van der Waals surface area contributed by atoms with Gasteiger partial charge in [-0.3, -0.25) is 4.79 Å². The van der Waals surface area contributed by atoms with Crippen LogP contribution in [0, 0.1) is 0 Å². The Kier molecular flexibility index (Phi) is 7.74. The maximum absolute atomic E-state index is 14.1. The summed E-state index contributed by atoms with van der Waals surface area (Å²) in [4.78, 5) is 14.9. The number of aliphatic hydroxyl groups excluding tert-OH is 1. The van der Waals surface area contributed by atoms with Gasteiger partial charge in [0, 0.05) is 24.7 Å². The fourth-order valence-electron chi connectivity index (χ4n) is 5.09. The molecule has 2 aliphatic rings. The number of halogens is 3. The van der Waals surface area contributed by atoms with Gasteiger partial charge in [0.25, 0.3) is 5.91 Å². The number of fused-ring (bicyclic) bond motifs is 1. The molecule has 0 radical (unpaired) electrons. The number of amides is 1. The molecule has 0 spiro atoms. The number of alkyl halides is 3. The minimum absolute atomic E-state index is 0.0825. The molecular formula is C30H29F3N2O4. The maximum atomic E-state index is 14.1. The molecule has 9 heteroatoms. The topological polar surface area (TPSA) is 71.0 Å². The summed E-state index contributed by atoms with van der Waals surface area (Å²) in [7, 11) is 1.50. The zero-order valence-corrected chi connectivity index (χ0v) is 21.3. The van der Waals surface area contributed by atoms with Gasteiger partial charge in [-0.15, -0.1) is 0 Å². The summed E-state index contributed by atoms with van der Waals surface area (Å²) in [6.07, 6.45) is -4.58. The normalized spacial score (nSPS) is 21.4. The molecule has 2 aliphatic heterocycles. The Hall–Kier alpha value is -3.66. The van der Waals surface area contributed by atoms with E-state index in [1.165, 1.54) is 30.2 Å². The molecule has 3 aromatic rings. The smallest absolute Gasteiger partial charge is 0.417 e. The monoisotopic (exact) mass is 538 g/mol. The van der Waals surface area contributed by atoms with Gasteiger partial charge >= 0.3 is 6.18 Å². The zero-order valence-electron chi connectivity index (χ0n) is 21.3. The Morgan fingerprint density at radius 2 is 1.77 bits per heavy atom. The minimum atomic E-state index is -4.65. The highest BCUT2D eigenvalue weighted by molar-refractivity contribution is 6.11. The molecule has 0 saturated carbocycles. The summed E-state index contributed by atoms with van der Waals surface area (Å²) in [5.41, 5.74) is 0.628. The van der Waals surface area contributed by atoms with E-state index in [4.69, 9.17) is 9.47 Å². The molecule has 5 rings (SSSR count). The Bertz CT molecular complexity index is 1340. The standard InChI is InChI=1S/C30H29F3N2O4/c1-38-22-12-10-20(11-13-22)24-15-25-26(30(31,32)33)8-5-9-27(25)35(29(37)28(24)36)17-21-14-23(16-34-21)39-18-19-6-3-2-4-7-19/h2-13,15,21,23,28,34,36H,14,16-18H2,1H3. The molecule has 6 nitrogen and oxygen atoms in total. The predicted molar refractivity (Wildman–Crippen MR) is 142 cm³/mol. The van der Waals surface area contributed by atoms with Crippen molar-refractivity contribution in [3.63, 3.8) is 0 Å². The van der Waals surface area contributed by atoms with Crippen molar-refractivity contribution in [1.82, 2.24) is 5.32 Å². The maximum Gasteiger partial charge on any atom is 0.417 e. The average molecular weight is 539 g/mol. The van der Waals surface area contributed by atoms with Gasteiger partial charge in [0.15, 0.2) is 6.10 Å².